The van der Waals surface area contributed by atoms with Gasteiger partial charge < -0.3 is 10.5 Å². The first kappa shape index (κ1) is 6.86. The summed E-state index contributed by atoms with van der Waals surface area (Å²) in [5, 5.41) is 0. The molecule has 0 fully saturated rings. The van der Waals surface area contributed by atoms with Crippen LogP contribution in [-0.2, 0) is 0 Å². The highest BCUT2D eigenvalue weighted by atomic mass is 16.5. The van der Waals surface area contributed by atoms with Crippen molar-refractivity contribution in [3.63, 3.8) is 0 Å². The maximum absolute atomic E-state index is 5.52. The lowest BCUT2D eigenvalue weighted by atomic mass is 10.4. The third-order valence-corrected chi connectivity index (χ3v) is 1.11. The second-order valence-corrected chi connectivity index (χ2v) is 1.85. The summed E-state index contributed by atoms with van der Waals surface area (Å²) in [7, 11) is 0. The Balaban J connectivity index is 2.81. The Bertz CT molecular complexity index is 213. The fraction of sp³-hybridized carbons (Fsp3) is 0.286. The molecular formula is C7H10N2O. The van der Waals surface area contributed by atoms with Gasteiger partial charge in [0.2, 0.25) is 0 Å². The predicted octanol–water partition coefficient (Wildman–Crippen LogP) is 1.06. The molecule has 1 rings (SSSR count). The standard InChI is InChI=1S/C7H10N2O/c1-2-10-7-3-4-9-5-6(7)8/h3-5H,2,8H2,1H3. The average molecular weight is 138 g/mol. The maximum Gasteiger partial charge on any atom is 0.145 e. The van der Waals surface area contributed by atoms with E-state index in [2.05, 4.69) is 4.98 Å². The molecule has 0 aliphatic heterocycles. The molecule has 0 spiro atoms. The van der Waals surface area contributed by atoms with Crippen molar-refractivity contribution in [3.05, 3.63) is 18.5 Å². The number of nitrogens with two attached hydrogens (primary N) is 1. The van der Waals surface area contributed by atoms with Gasteiger partial charge in [-0.2, -0.15) is 0 Å². The van der Waals surface area contributed by atoms with Crippen LogP contribution in [0.25, 0.3) is 0 Å². The highest BCUT2D eigenvalue weighted by Gasteiger charge is 1.94. The summed E-state index contributed by atoms with van der Waals surface area (Å²) >= 11 is 0. The highest BCUT2D eigenvalue weighted by Crippen LogP contribution is 2.17. The van der Waals surface area contributed by atoms with Gasteiger partial charge in [-0.25, -0.2) is 0 Å². The number of hydrogen-bond acceptors (Lipinski definition) is 3. The van der Waals surface area contributed by atoms with Gasteiger partial charge in [0.15, 0.2) is 0 Å². The van der Waals surface area contributed by atoms with E-state index in [0.29, 0.717) is 18.0 Å². The summed E-state index contributed by atoms with van der Waals surface area (Å²) in [6.45, 7) is 2.55. The minimum atomic E-state index is 0.587. The van der Waals surface area contributed by atoms with E-state index < -0.39 is 0 Å². The molecule has 1 heterocycles. The Morgan fingerprint density at radius 2 is 2.50 bits per heavy atom. The van der Waals surface area contributed by atoms with Crippen LogP contribution in [0.5, 0.6) is 5.75 Å². The van der Waals surface area contributed by atoms with Crippen LogP contribution in [0.1, 0.15) is 6.92 Å². The molecule has 0 aromatic carbocycles. The third-order valence-electron chi connectivity index (χ3n) is 1.11. The Hall–Kier alpha value is -1.25. The van der Waals surface area contributed by atoms with E-state index in [9.17, 15) is 0 Å². The summed E-state index contributed by atoms with van der Waals surface area (Å²) in [5.74, 6) is 0.706. The van der Waals surface area contributed by atoms with Crippen molar-refractivity contribution < 1.29 is 4.74 Å². The van der Waals surface area contributed by atoms with Crippen molar-refractivity contribution >= 4 is 5.69 Å². The van der Waals surface area contributed by atoms with Crippen LogP contribution in [-0.4, -0.2) is 11.6 Å². The lowest BCUT2D eigenvalue weighted by molar-refractivity contribution is 0.342. The van der Waals surface area contributed by atoms with Crippen molar-refractivity contribution in [2.24, 2.45) is 0 Å². The molecule has 0 unspecified atom stereocenters. The molecule has 3 nitrogen and oxygen atoms in total. The molecule has 10 heavy (non-hydrogen) atoms. The molecule has 0 atom stereocenters. The van der Waals surface area contributed by atoms with Crippen LogP contribution in [0.15, 0.2) is 18.5 Å². The first-order valence-electron chi connectivity index (χ1n) is 3.17. The van der Waals surface area contributed by atoms with Gasteiger partial charge in [-0.05, 0) is 6.92 Å². The van der Waals surface area contributed by atoms with E-state index in [1.54, 1.807) is 18.5 Å². The summed E-state index contributed by atoms with van der Waals surface area (Å²) in [6.07, 6.45) is 3.23. The highest BCUT2D eigenvalue weighted by molar-refractivity contribution is 5.49. The number of rotatable bonds is 2. The topological polar surface area (TPSA) is 48.1 Å². The number of anilines is 1. The fourth-order valence-electron chi connectivity index (χ4n) is 0.681. The molecule has 2 N–H and O–H groups in total. The molecule has 1 aromatic rings. The van der Waals surface area contributed by atoms with Crippen LogP contribution < -0.4 is 10.5 Å². The Kier molecular flexibility index (Phi) is 2.10. The molecule has 0 radical (unpaired) electrons. The molecule has 0 aliphatic rings. The number of aromatic nitrogens is 1. The molecule has 3 heteroatoms. The van der Waals surface area contributed by atoms with Crippen LogP contribution in [0, 0.1) is 0 Å². The molecule has 0 aliphatic carbocycles. The summed E-state index contributed by atoms with van der Waals surface area (Å²) in [5.41, 5.74) is 6.11. The molecule has 0 saturated heterocycles. The number of ether oxygens (including phenoxy) is 1. The van der Waals surface area contributed by atoms with Crippen LogP contribution in [0.2, 0.25) is 0 Å². The smallest absolute Gasteiger partial charge is 0.145 e. The van der Waals surface area contributed by atoms with E-state index in [1.807, 2.05) is 6.92 Å². The molecule has 1 aromatic heterocycles. The second kappa shape index (κ2) is 3.06. The van der Waals surface area contributed by atoms with Gasteiger partial charge in [-0.3, -0.25) is 4.98 Å². The first-order chi connectivity index (χ1) is 4.84. The predicted molar refractivity (Wildman–Crippen MR) is 39.8 cm³/mol. The SMILES string of the molecule is CCOc1ccncc1N. The van der Waals surface area contributed by atoms with Crippen molar-refractivity contribution in [3.8, 4) is 5.75 Å². The minimum Gasteiger partial charge on any atom is -0.492 e. The van der Waals surface area contributed by atoms with E-state index in [4.69, 9.17) is 10.5 Å². The lowest BCUT2D eigenvalue weighted by Gasteiger charge is -2.03. The number of nitrogen functional groups attached to an aromatic ring is 1. The van der Waals surface area contributed by atoms with Crippen molar-refractivity contribution in [2.75, 3.05) is 12.3 Å². The van der Waals surface area contributed by atoms with Gasteiger partial charge in [0.1, 0.15) is 5.75 Å². The van der Waals surface area contributed by atoms with Gasteiger partial charge >= 0.3 is 0 Å². The zero-order valence-electron chi connectivity index (χ0n) is 5.87. The second-order valence-electron chi connectivity index (χ2n) is 1.85. The molecule has 54 valence electrons. The quantitative estimate of drug-likeness (QED) is 0.664. The van der Waals surface area contributed by atoms with Crippen molar-refractivity contribution in [1.82, 2.24) is 4.98 Å². The lowest BCUT2D eigenvalue weighted by Crippen LogP contribution is -1.96. The van der Waals surface area contributed by atoms with E-state index >= 15 is 0 Å². The number of pyridine rings is 1. The van der Waals surface area contributed by atoms with Crippen LogP contribution >= 0.6 is 0 Å². The third kappa shape index (κ3) is 1.37. The Morgan fingerprint density at radius 1 is 1.70 bits per heavy atom. The van der Waals surface area contributed by atoms with Crippen LogP contribution in [0.4, 0.5) is 5.69 Å². The zero-order chi connectivity index (χ0) is 7.40. The normalized spacial score (nSPS) is 9.30. The monoisotopic (exact) mass is 138 g/mol. The minimum absolute atomic E-state index is 0.587. The maximum atomic E-state index is 5.52. The van der Waals surface area contributed by atoms with Crippen LogP contribution in [0.3, 0.4) is 0 Å². The Labute approximate surface area is 59.8 Å². The van der Waals surface area contributed by atoms with Gasteiger partial charge in [-0.1, -0.05) is 0 Å². The largest absolute Gasteiger partial charge is 0.492 e. The summed E-state index contributed by atoms with van der Waals surface area (Å²) in [4.78, 5) is 3.82. The Morgan fingerprint density at radius 3 is 3.10 bits per heavy atom. The van der Waals surface area contributed by atoms with E-state index in [-0.39, 0.29) is 0 Å². The number of nitrogens with zero attached hydrogens (tertiary/aromatic N) is 1. The van der Waals surface area contributed by atoms with E-state index in [1.165, 1.54) is 0 Å². The first-order valence-corrected chi connectivity index (χ1v) is 3.17. The summed E-state index contributed by atoms with van der Waals surface area (Å²) in [6, 6.07) is 1.75. The van der Waals surface area contributed by atoms with Gasteiger partial charge in [0.05, 0.1) is 18.5 Å². The van der Waals surface area contributed by atoms with Gasteiger partial charge in [-0.15, -0.1) is 0 Å². The molecule has 0 bridgehead atoms. The van der Waals surface area contributed by atoms with Crippen molar-refractivity contribution in [1.29, 1.82) is 0 Å². The summed E-state index contributed by atoms with van der Waals surface area (Å²) < 4.78 is 5.17. The fourth-order valence-corrected chi connectivity index (χ4v) is 0.681. The van der Waals surface area contributed by atoms with Gasteiger partial charge in [0, 0.05) is 12.3 Å². The van der Waals surface area contributed by atoms with Crippen molar-refractivity contribution in [2.45, 2.75) is 6.92 Å². The molecular weight excluding hydrogens is 128 g/mol. The molecule has 0 amide bonds. The van der Waals surface area contributed by atoms with E-state index in [0.717, 1.165) is 0 Å². The number of hydrogen-bond donors (Lipinski definition) is 1. The average Bonchev–Trinajstić information content (AvgIpc) is 1.94. The molecule has 0 saturated carbocycles. The van der Waals surface area contributed by atoms with Gasteiger partial charge in [0.25, 0.3) is 0 Å². The zero-order valence-corrected chi connectivity index (χ0v) is 5.87.